The molecule has 0 fully saturated rings. The van der Waals surface area contributed by atoms with Gasteiger partial charge in [0.1, 0.15) is 22.0 Å². The Morgan fingerprint density at radius 2 is 1.89 bits per heavy atom. The van der Waals surface area contributed by atoms with Gasteiger partial charge in [0.15, 0.2) is 5.76 Å². The second-order valence-electron chi connectivity index (χ2n) is 7.61. The molecule has 2 aromatic rings. The monoisotopic (exact) mass is 486 g/mol. The summed E-state index contributed by atoms with van der Waals surface area (Å²) in [6.07, 6.45) is -0.490. The summed E-state index contributed by atoms with van der Waals surface area (Å²) in [6, 6.07) is 9.57. The maximum Gasteiger partial charge on any atom is 0.408 e. The van der Waals surface area contributed by atoms with Gasteiger partial charge >= 0.3 is 6.09 Å². The smallest absolute Gasteiger partial charge is 0.408 e. The van der Waals surface area contributed by atoms with Crippen molar-refractivity contribution in [3.05, 3.63) is 51.2 Å². The van der Waals surface area contributed by atoms with E-state index in [1.165, 1.54) is 0 Å². The van der Waals surface area contributed by atoms with Crippen LogP contribution >= 0.6 is 22.6 Å². The van der Waals surface area contributed by atoms with E-state index in [1.807, 2.05) is 65.0 Å². The van der Waals surface area contributed by atoms with E-state index in [4.69, 9.17) is 13.9 Å². The highest BCUT2D eigenvalue weighted by molar-refractivity contribution is 14.1. The molecule has 0 saturated heterocycles. The molecule has 2 rings (SSSR count). The first-order valence-electron chi connectivity index (χ1n) is 8.92. The Bertz CT molecular complexity index is 738. The van der Waals surface area contributed by atoms with Gasteiger partial charge in [-0.05, 0) is 54.8 Å². The van der Waals surface area contributed by atoms with E-state index in [2.05, 4.69) is 32.9 Å². The molecular formula is C20H27IN2O4. The number of hydrogen-bond donors (Lipinski definition) is 1. The van der Waals surface area contributed by atoms with Crippen molar-refractivity contribution in [2.24, 2.45) is 5.92 Å². The summed E-state index contributed by atoms with van der Waals surface area (Å²) >= 11 is 2.12. The van der Waals surface area contributed by atoms with Gasteiger partial charge in [-0.25, -0.2) is 9.78 Å². The zero-order valence-electron chi connectivity index (χ0n) is 16.4. The molecular weight excluding hydrogens is 459 g/mol. The van der Waals surface area contributed by atoms with Crippen molar-refractivity contribution in [1.29, 1.82) is 0 Å². The van der Waals surface area contributed by atoms with Crippen LogP contribution in [0.4, 0.5) is 4.79 Å². The summed E-state index contributed by atoms with van der Waals surface area (Å²) in [5, 5.41) is 2.85. The van der Waals surface area contributed by atoms with Gasteiger partial charge in [-0.1, -0.05) is 44.2 Å². The van der Waals surface area contributed by atoms with Crippen molar-refractivity contribution in [1.82, 2.24) is 10.3 Å². The number of alkyl carbamates (subject to hydrolysis) is 1. The Kier molecular flexibility index (Phi) is 7.67. The average Bonchev–Trinajstić information content (AvgIpc) is 2.92. The van der Waals surface area contributed by atoms with Crippen LogP contribution in [0.15, 0.2) is 34.7 Å². The third-order valence-corrected chi connectivity index (χ3v) is 4.46. The van der Waals surface area contributed by atoms with Crippen molar-refractivity contribution in [2.45, 2.75) is 59.5 Å². The van der Waals surface area contributed by atoms with Gasteiger partial charge in [0.05, 0.1) is 6.61 Å². The van der Waals surface area contributed by atoms with Crippen molar-refractivity contribution in [3.63, 3.8) is 0 Å². The highest BCUT2D eigenvalue weighted by atomic mass is 127. The molecule has 1 aromatic heterocycles. The molecule has 0 aliphatic rings. The number of nitrogens with one attached hydrogen (secondary N) is 1. The fraction of sp³-hybridized carbons (Fsp3) is 0.500. The summed E-state index contributed by atoms with van der Waals surface area (Å²) < 4.78 is 17.7. The van der Waals surface area contributed by atoms with Crippen molar-refractivity contribution < 1.29 is 18.7 Å². The van der Waals surface area contributed by atoms with Crippen molar-refractivity contribution >= 4 is 28.7 Å². The maximum atomic E-state index is 12.1. The lowest BCUT2D eigenvalue weighted by Gasteiger charge is -2.24. The van der Waals surface area contributed by atoms with E-state index in [0.717, 1.165) is 9.26 Å². The number of carbonyl (C=O) groups is 1. The third kappa shape index (κ3) is 7.14. The largest absolute Gasteiger partial charge is 0.444 e. The second kappa shape index (κ2) is 9.54. The summed E-state index contributed by atoms with van der Waals surface area (Å²) in [4.78, 5) is 16.6. The number of nitrogens with zero attached hydrogens (tertiary/aromatic N) is 1. The molecule has 1 atom stereocenters. The van der Waals surface area contributed by atoms with E-state index < -0.39 is 11.7 Å². The number of ether oxygens (including phenoxy) is 2. The summed E-state index contributed by atoms with van der Waals surface area (Å²) in [7, 11) is 0. The molecule has 27 heavy (non-hydrogen) atoms. The molecule has 0 aliphatic heterocycles. The molecule has 0 radical (unpaired) electrons. The minimum absolute atomic E-state index is 0.0880. The van der Waals surface area contributed by atoms with E-state index in [9.17, 15) is 4.79 Å². The molecule has 1 amide bonds. The van der Waals surface area contributed by atoms with Crippen LogP contribution in [0.1, 0.15) is 57.9 Å². The standard InChI is InChI=1S/C20H27IN2O4/c1-13(2)16(22-19(24)27-20(3,4)5)18-23-17(21)15(26-18)12-25-11-14-9-7-6-8-10-14/h6-10,13,16H,11-12H2,1-5H3,(H,22,24)/t16-/m0/s1. The molecule has 0 aliphatic carbocycles. The molecule has 0 saturated carbocycles. The quantitative estimate of drug-likeness (QED) is 0.544. The molecule has 0 unspecified atom stereocenters. The highest BCUT2D eigenvalue weighted by Crippen LogP contribution is 2.25. The SMILES string of the molecule is CC(C)[C@H](NC(=O)OC(C)(C)C)c1nc(I)c(COCc2ccccc2)o1. The molecule has 0 spiro atoms. The molecule has 7 heteroatoms. The lowest BCUT2D eigenvalue weighted by atomic mass is 10.1. The molecule has 1 aromatic carbocycles. The molecule has 148 valence electrons. The molecule has 1 heterocycles. The van der Waals surface area contributed by atoms with E-state index in [0.29, 0.717) is 24.9 Å². The number of carbonyl (C=O) groups excluding carboxylic acids is 1. The topological polar surface area (TPSA) is 73.6 Å². The van der Waals surface area contributed by atoms with Crippen molar-refractivity contribution in [3.8, 4) is 0 Å². The zero-order chi connectivity index (χ0) is 20.0. The predicted octanol–water partition coefficient (Wildman–Crippen LogP) is 5.22. The Hall–Kier alpha value is -1.61. The van der Waals surface area contributed by atoms with E-state index in [-0.39, 0.29) is 12.0 Å². The van der Waals surface area contributed by atoms with Gasteiger partial charge in [0, 0.05) is 0 Å². The molecule has 0 bridgehead atoms. The number of benzene rings is 1. The minimum atomic E-state index is -0.562. The summed E-state index contributed by atoms with van der Waals surface area (Å²) in [5.41, 5.74) is 0.534. The van der Waals surface area contributed by atoms with Crippen LogP contribution in [0.25, 0.3) is 0 Å². The maximum absolute atomic E-state index is 12.1. The van der Waals surface area contributed by atoms with Crippen LogP contribution in [0, 0.1) is 9.62 Å². The van der Waals surface area contributed by atoms with Gasteiger partial charge in [-0.2, -0.15) is 0 Å². The van der Waals surface area contributed by atoms with Gasteiger partial charge in [-0.3, -0.25) is 0 Å². The van der Waals surface area contributed by atoms with Gasteiger partial charge < -0.3 is 19.2 Å². The fourth-order valence-electron chi connectivity index (χ4n) is 2.36. The number of aromatic nitrogens is 1. The van der Waals surface area contributed by atoms with Crippen LogP contribution in [0.3, 0.4) is 0 Å². The number of amides is 1. The van der Waals surface area contributed by atoms with Gasteiger partial charge in [0.25, 0.3) is 0 Å². The lowest BCUT2D eigenvalue weighted by molar-refractivity contribution is 0.0475. The normalized spacial score (nSPS) is 12.9. The summed E-state index contributed by atoms with van der Waals surface area (Å²) in [6.45, 7) is 10.3. The van der Waals surface area contributed by atoms with E-state index >= 15 is 0 Å². The lowest BCUT2D eigenvalue weighted by Crippen LogP contribution is -2.37. The Balaban J connectivity index is 2.01. The second-order valence-corrected chi connectivity index (χ2v) is 8.63. The number of halogens is 1. The minimum Gasteiger partial charge on any atom is -0.444 e. The first-order chi connectivity index (χ1) is 12.7. The van der Waals surface area contributed by atoms with Crippen LogP contribution in [-0.4, -0.2) is 16.7 Å². The fourth-order valence-corrected chi connectivity index (χ4v) is 2.86. The van der Waals surface area contributed by atoms with Gasteiger partial charge in [0.2, 0.25) is 5.89 Å². The molecule has 6 nitrogen and oxygen atoms in total. The Morgan fingerprint density at radius 1 is 1.22 bits per heavy atom. The summed E-state index contributed by atoms with van der Waals surface area (Å²) in [5.74, 6) is 1.20. The Morgan fingerprint density at radius 3 is 2.48 bits per heavy atom. The zero-order valence-corrected chi connectivity index (χ0v) is 18.6. The van der Waals surface area contributed by atoms with Gasteiger partial charge in [-0.15, -0.1) is 0 Å². The van der Waals surface area contributed by atoms with Crippen molar-refractivity contribution in [2.75, 3.05) is 0 Å². The first kappa shape index (κ1) is 21.7. The average molecular weight is 486 g/mol. The number of oxazole rings is 1. The third-order valence-electron chi connectivity index (χ3n) is 3.62. The highest BCUT2D eigenvalue weighted by Gasteiger charge is 2.27. The number of hydrogen-bond acceptors (Lipinski definition) is 5. The Labute approximate surface area is 174 Å². The number of rotatable bonds is 7. The van der Waals surface area contributed by atoms with Crippen LogP contribution in [-0.2, 0) is 22.7 Å². The predicted molar refractivity (Wildman–Crippen MR) is 111 cm³/mol. The van der Waals surface area contributed by atoms with Crippen LogP contribution < -0.4 is 5.32 Å². The van der Waals surface area contributed by atoms with Crippen LogP contribution in [0.5, 0.6) is 0 Å². The van der Waals surface area contributed by atoms with Crippen LogP contribution in [0.2, 0.25) is 0 Å². The molecule has 1 N–H and O–H groups in total. The first-order valence-corrected chi connectivity index (χ1v) is 10.00. The van der Waals surface area contributed by atoms with E-state index in [1.54, 1.807) is 0 Å².